The van der Waals surface area contributed by atoms with E-state index in [4.69, 9.17) is 0 Å². The minimum Gasteiger partial charge on any atom is -0.356 e. The minimum absolute atomic E-state index is 0.189. The quantitative estimate of drug-likeness (QED) is 0.783. The molecule has 4 bridgehead atoms. The van der Waals surface area contributed by atoms with Crippen LogP contribution in [0.1, 0.15) is 45.4 Å². The van der Waals surface area contributed by atoms with Gasteiger partial charge in [0.25, 0.3) is 0 Å². The molecule has 4 aliphatic rings. The van der Waals surface area contributed by atoms with E-state index >= 15 is 0 Å². The zero-order valence-electron chi connectivity index (χ0n) is 11.5. The fourth-order valence-electron chi connectivity index (χ4n) is 4.90. The summed E-state index contributed by atoms with van der Waals surface area (Å²) in [5.74, 6) is 4.09. The van der Waals surface area contributed by atoms with Gasteiger partial charge in [0.2, 0.25) is 5.91 Å². The second kappa shape index (κ2) is 5.20. The Morgan fingerprint density at radius 2 is 1.67 bits per heavy atom. The van der Waals surface area contributed by atoms with Crippen LogP contribution in [-0.2, 0) is 4.79 Å². The third-order valence-electron chi connectivity index (χ3n) is 5.33. The largest absolute Gasteiger partial charge is 0.356 e. The molecule has 18 heavy (non-hydrogen) atoms. The van der Waals surface area contributed by atoms with E-state index in [1.54, 1.807) is 0 Å². The van der Waals surface area contributed by atoms with Crippen molar-refractivity contribution in [3.8, 4) is 0 Å². The van der Waals surface area contributed by atoms with Crippen LogP contribution in [0.25, 0.3) is 0 Å². The second-order valence-electron chi connectivity index (χ2n) is 6.61. The lowest BCUT2D eigenvalue weighted by Crippen LogP contribution is -2.54. The van der Waals surface area contributed by atoms with Crippen LogP contribution in [0.4, 0.5) is 0 Å². The van der Waals surface area contributed by atoms with Crippen LogP contribution in [0, 0.1) is 23.7 Å². The zero-order valence-corrected chi connectivity index (χ0v) is 11.5. The molecule has 0 aromatic rings. The summed E-state index contributed by atoms with van der Waals surface area (Å²) >= 11 is 0. The fraction of sp³-hybridized carbons (Fsp3) is 0.933. The third kappa shape index (κ3) is 2.42. The molecule has 4 saturated carbocycles. The summed E-state index contributed by atoms with van der Waals surface area (Å²) in [6.07, 6.45) is 7.95. The molecular weight excluding hydrogens is 224 g/mol. The predicted molar refractivity (Wildman–Crippen MR) is 72.1 cm³/mol. The number of carbonyl (C=O) groups is 1. The molecule has 0 aromatic heterocycles. The van der Waals surface area contributed by atoms with Gasteiger partial charge in [-0.3, -0.25) is 4.79 Å². The molecule has 4 fully saturated rings. The van der Waals surface area contributed by atoms with Gasteiger partial charge in [-0.25, -0.2) is 0 Å². The monoisotopic (exact) mass is 250 g/mol. The van der Waals surface area contributed by atoms with E-state index in [1.165, 1.54) is 32.1 Å². The number of nitrogens with one attached hydrogen (secondary N) is 2. The lowest BCUT2D eigenvalue weighted by Gasteiger charge is -2.54. The van der Waals surface area contributed by atoms with Crippen LogP contribution >= 0.6 is 0 Å². The SMILES string of the molecule is CCNC(=O)CCNC1C2CC3CC(C2)CC1C3. The molecule has 4 aliphatic carbocycles. The van der Waals surface area contributed by atoms with Gasteiger partial charge in [0, 0.05) is 25.6 Å². The van der Waals surface area contributed by atoms with Gasteiger partial charge in [-0.2, -0.15) is 0 Å². The first-order valence-corrected chi connectivity index (χ1v) is 7.76. The van der Waals surface area contributed by atoms with E-state index in [2.05, 4.69) is 10.6 Å². The summed E-state index contributed by atoms with van der Waals surface area (Å²) in [7, 11) is 0. The summed E-state index contributed by atoms with van der Waals surface area (Å²) in [4.78, 5) is 11.4. The van der Waals surface area contributed by atoms with Gasteiger partial charge < -0.3 is 10.6 Å². The van der Waals surface area contributed by atoms with Crippen molar-refractivity contribution < 1.29 is 4.79 Å². The van der Waals surface area contributed by atoms with E-state index in [-0.39, 0.29) is 5.91 Å². The van der Waals surface area contributed by atoms with Gasteiger partial charge in [-0.1, -0.05) is 0 Å². The molecule has 0 unspecified atom stereocenters. The molecule has 102 valence electrons. The molecule has 0 aliphatic heterocycles. The summed E-state index contributed by atoms with van der Waals surface area (Å²) in [6, 6.07) is 0.715. The summed E-state index contributed by atoms with van der Waals surface area (Å²) in [6.45, 7) is 3.58. The second-order valence-corrected chi connectivity index (χ2v) is 6.61. The first-order chi connectivity index (χ1) is 8.76. The first kappa shape index (κ1) is 12.5. The number of hydrogen-bond acceptors (Lipinski definition) is 2. The number of hydrogen-bond donors (Lipinski definition) is 2. The molecule has 4 rings (SSSR count). The molecule has 0 atom stereocenters. The van der Waals surface area contributed by atoms with E-state index in [0.29, 0.717) is 12.5 Å². The topological polar surface area (TPSA) is 41.1 Å². The highest BCUT2D eigenvalue weighted by Crippen LogP contribution is 2.53. The molecule has 3 nitrogen and oxygen atoms in total. The molecular formula is C15H26N2O. The lowest BCUT2D eigenvalue weighted by atomic mass is 9.54. The van der Waals surface area contributed by atoms with Crippen molar-refractivity contribution in [1.82, 2.24) is 10.6 Å². The Morgan fingerprint density at radius 1 is 1.06 bits per heavy atom. The van der Waals surface area contributed by atoms with Crippen molar-refractivity contribution in [3.05, 3.63) is 0 Å². The van der Waals surface area contributed by atoms with Crippen LogP contribution in [0.3, 0.4) is 0 Å². The Bertz CT molecular complexity index is 288. The maximum Gasteiger partial charge on any atom is 0.221 e. The van der Waals surface area contributed by atoms with Crippen molar-refractivity contribution >= 4 is 5.91 Å². The molecule has 0 radical (unpaired) electrons. The molecule has 2 N–H and O–H groups in total. The first-order valence-electron chi connectivity index (χ1n) is 7.76. The summed E-state index contributed by atoms with van der Waals surface area (Å²) in [5, 5.41) is 6.56. The van der Waals surface area contributed by atoms with Crippen LogP contribution < -0.4 is 10.6 Å². The normalized spacial score (nSPS) is 41.1. The highest BCUT2D eigenvalue weighted by atomic mass is 16.1. The van der Waals surface area contributed by atoms with Gasteiger partial charge in [0.05, 0.1) is 0 Å². The average molecular weight is 250 g/mol. The predicted octanol–water partition coefficient (Wildman–Crippen LogP) is 1.93. The number of rotatable bonds is 5. The molecule has 1 amide bonds. The lowest BCUT2D eigenvalue weighted by molar-refractivity contribution is -0.121. The van der Waals surface area contributed by atoms with Crippen LogP contribution in [0.2, 0.25) is 0 Å². The minimum atomic E-state index is 0.189. The maximum atomic E-state index is 11.4. The van der Waals surface area contributed by atoms with Crippen LogP contribution in [-0.4, -0.2) is 25.0 Å². The van der Waals surface area contributed by atoms with Gasteiger partial charge in [0.1, 0.15) is 0 Å². The van der Waals surface area contributed by atoms with E-state index in [0.717, 1.165) is 36.8 Å². The van der Waals surface area contributed by atoms with Gasteiger partial charge in [-0.15, -0.1) is 0 Å². The van der Waals surface area contributed by atoms with Crippen molar-refractivity contribution in [3.63, 3.8) is 0 Å². The Labute approximate surface area is 110 Å². The molecule has 0 aromatic carbocycles. The smallest absolute Gasteiger partial charge is 0.221 e. The third-order valence-corrected chi connectivity index (χ3v) is 5.33. The molecule has 0 spiro atoms. The van der Waals surface area contributed by atoms with Crippen molar-refractivity contribution in [2.24, 2.45) is 23.7 Å². The van der Waals surface area contributed by atoms with E-state index in [1.807, 2.05) is 6.92 Å². The molecule has 0 heterocycles. The van der Waals surface area contributed by atoms with Crippen LogP contribution in [0.15, 0.2) is 0 Å². The average Bonchev–Trinajstić information content (AvgIpc) is 2.32. The number of carbonyl (C=O) groups excluding carboxylic acids is 1. The number of amides is 1. The highest BCUT2D eigenvalue weighted by molar-refractivity contribution is 5.75. The Kier molecular flexibility index (Phi) is 3.60. The fourth-order valence-corrected chi connectivity index (χ4v) is 4.90. The van der Waals surface area contributed by atoms with Crippen LogP contribution in [0.5, 0.6) is 0 Å². The van der Waals surface area contributed by atoms with Gasteiger partial charge in [-0.05, 0) is 62.7 Å². The standard InChI is InChI=1S/C15H26N2O/c1-2-16-14(18)3-4-17-15-12-6-10-5-11(8-12)9-13(15)7-10/h10-13,15,17H,2-9H2,1H3,(H,16,18). The zero-order chi connectivity index (χ0) is 12.5. The maximum absolute atomic E-state index is 11.4. The van der Waals surface area contributed by atoms with E-state index in [9.17, 15) is 4.79 Å². The Hall–Kier alpha value is -0.570. The summed E-state index contributed by atoms with van der Waals surface area (Å²) in [5.41, 5.74) is 0. The van der Waals surface area contributed by atoms with Crippen molar-refractivity contribution in [2.75, 3.05) is 13.1 Å². The highest BCUT2D eigenvalue weighted by Gasteiger charge is 2.47. The Balaban J connectivity index is 1.47. The van der Waals surface area contributed by atoms with E-state index < -0.39 is 0 Å². The molecule has 3 heteroatoms. The molecule has 0 saturated heterocycles. The Morgan fingerprint density at radius 3 is 2.22 bits per heavy atom. The van der Waals surface area contributed by atoms with Gasteiger partial charge in [0.15, 0.2) is 0 Å². The van der Waals surface area contributed by atoms with Crippen molar-refractivity contribution in [2.45, 2.75) is 51.5 Å². The van der Waals surface area contributed by atoms with Gasteiger partial charge >= 0.3 is 0 Å². The summed E-state index contributed by atoms with van der Waals surface area (Å²) < 4.78 is 0. The van der Waals surface area contributed by atoms with Crippen molar-refractivity contribution in [1.29, 1.82) is 0 Å².